The molecule has 0 aromatic rings. The van der Waals surface area contributed by atoms with E-state index in [4.69, 9.17) is 18.5 Å². The number of esters is 2. The average Bonchev–Trinajstić information content (AvgIpc) is 3.15. The number of carbonyl (C=O) groups is 2. The molecule has 2 atom stereocenters. The molecule has 9 nitrogen and oxygen atoms in total. The van der Waals surface area contributed by atoms with E-state index in [9.17, 15) is 19.0 Å². The van der Waals surface area contributed by atoms with Crippen LogP contribution in [0, 0.1) is 0 Å². The first kappa shape index (κ1) is 54.2. The quantitative estimate of drug-likeness (QED) is 0.0214. The number of carbonyl (C=O) groups excluding carboxylic acids is 2. The Morgan fingerprint density at radius 1 is 0.554 bits per heavy atom. The monoisotopic (exact) mass is 813 g/mol. The van der Waals surface area contributed by atoms with Crippen molar-refractivity contribution < 1.29 is 42.1 Å². The van der Waals surface area contributed by atoms with E-state index in [0.717, 1.165) is 57.8 Å². The number of likely N-dealkylation sites (N-methyl/N-ethyl adjacent to an activating group) is 1. The summed E-state index contributed by atoms with van der Waals surface area (Å²) in [6.45, 7) is 4.37. The number of nitrogens with zero attached hydrogens (tertiary/aromatic N) is 1. The molecule has 328 valence electrons. The van der Waals surface area contributed by atoms with E-state index in [2.05, 4.69) is 50.3 Å². The standard InChI is InChI=1S/C46H86NO8P/c1-6-8-10-12-14-16-18-20-22-23-25-26-28-30-32-34-36-38-45(48)52-42-44(43-54-56(50,51)53-41-40-47(3,4)5)55-46(49)39-37-35-33-31-29-27-24-21-19-17-15-13-11-9-7-2/h15,17,20-22,24,44H,6-14,16,18-19,23,25-43H2,1-5H3/p+1/b17-15-,22-20-,24-21-/t44-/m1/s1. The molecule has 0 amide bonds. The molecule has 0 spiro atoms. The number of hydrogen-bond acceptors (Lipinski definition) is 7. The van der Waals surface area contributed by atoms with Gasteiger partial charge in [-0.25, -0.2) is 4.57 Å². The number of rotatable bonds is 41. The van der Waals surface area contributed by atoms with Crippen molar-refractivity contribution in [3.8, 4) is 0 Å². The lowest BCUT2D eigenvalue weighted by Crippen LogP contribution is -2.37. The SMILES string of the molecule is CCCCC/C=C\C/C=C\CCCCCCCC(=O)O[C@H](COC(=O)CCCCCCCCC/C=C\CCCCCCCC)COP(=O)(O)OCC[N+](C)(C)C. The van der Waals surface area contributed by atoms with Gasteiger partial charge in [0, 0.05) is 12.8 Å². The van der Waals surface area contributed by atoms with Gasteiger partial charge in [-0.3, -0.25) is 18.6 Å². The second kappa shape index (κ2) is 38.7. The van der Waals surface area contributed by atoms with Crippen molar-refractivity contribution >= 4 is 19.8 Å². The number of phosphoric ester groups is 1. The van der Waals surface area contributed by atoms with E-state index in [1.807, 2.05) is 21.1 Å². The van der Waals surface area contributed by atoms with Crippen LogP contribution in [0.4, 0.5) is 0 Å². The fraction of sp³-hybridized carbons (Fsp3) is 0.826. The van der Waals surface area contributed by atoms with Gasteiger partial charge < -0.3 is 18.9 Å². The topological polar surface area (TPSA) is 108 Å². The van der Waals surface area contributed by atoms with Gasteiger partial charge in [0.2, 0.25) is 0 Å². The Morgan fingerprint density at radius 2 is 0.964 bits per heavy atom. The Bertz CT molecular complexity index is 1050. The summed E-state index contributed by atoms with van der Waals surface area (Å²) in [6, 6.07) is 0. The molecular formula is C46H87NO8P+. The lowest BCUT2D eigenvalue weighted by atomic mass is 10.1. The van der Waals surface area contributed by atoms with Crippen LogP contribution in [0.2, 0.25) is 0 Å². The van der Waals surface area contributed by atoms with Gasteiger partial charge in [-0.15, -0.1) is 0 Å². The van der Waals surface area contributed by atoms with Crippen molar-refractivity contribution in [1.29, 1.82) is 0 Å². The molecular weight excluding hydrogens is 725 g/mol. The molecule has 10 heteroatoms. The number of allylic oxidation sites excluding steroid dienone is 6. The minimum atomic E-state index is -4.38. The maximum absolute atomic E-state index is 12.7. The van der Waals surface area contributed by atoms with Crippen molar-refractivity contribution in [2.24, 2.45) is 0 Å². The van der Waals surface area contributed by atoms with E-state index < -0.39 is 26.5 Å². The Kier molecular flexibility index (Phi) is 37.5. The van der Waals surface area contributed by atoms with Gasteiger partial charge in [0.05, 0.1) is 27.7 Å². The Morgan fingerprint density at radius 3 is 1.46 bits per heavy atom. The smallest absolute Gasteiger partial charge is 0.462 e. The first-order valence-corrected chi connectivity index (χ1v) is 24.2. The van der Waals surface area contributed by atoms with E-state index in [-0.39, 0.29) is 32.0 Å². The van der Waals surface area contributed by atoms with Crippen LogP contribution in [0.3, 0.4) is 0 Å². The van der Waals surface area contributed by atoms with Crippen molar-refractivity contribution in [1.82, 2.24) is 0 Å². The molecule has 0 fully saturated rings. The molecule has 0 aliphatic carbocycles. The summed E-state index contributed by atoms with van der Waals surface area (Å²) in [7, 11) is 1.46. The van der Waals surface area contributed by atoms with Gasteiger partial charge in [0.25, 0.3) is 0 Å². The van der Waals surface area contributed by atoms with Crippen LogP contribution < -0.4 is 0 Å². The summed E-state index contributed by atoms with van der Waals surface area (Å²) in [5, 5.41) is 0. The van der Waals surface area contributed by atoms with E-state index in [1.165, 1.54) is 103 Å². The zero-order valence-corrected chi connectivity index (χ0v) is 37.8. The van der Waals surface area contributed by atoms with Gasteiger partial charge in [-0.1, -0.05) is 147 Å². The van der Waals surface area contributed by atoms with Gasteiger partial charge in [-0.05, 0) is 70.6 Å². The first-order valence-electron chi connectivity index (χ1n) is 22.7. The summed E-state index contributed by atoms with van der Waals surface area (Å²) >= 11 is 0. The molecule has 0 aliphatic heterocycles. The summed E-state index contributed by atoms with van der Waals surface area (Å²) in [5.41, 5.74) is 0. The highest BCUT2D eigenvalue weighted by atomic mass is 31.2. The average molecular weight is 813 g/mol. The van der Waals surface area contributed by atoms with Crippen molar-refractivity contribution in [2.75, 3.05) is 47.5 Å². The van der Waals surface area contributed by atoms with Crippen molar-refractivity contribution in [3.63, 3.8) is 0 Å². The predicted molar refractivity (Wildman–Crippen MR) is 234 cm³/mol. The molecule has 56 heavy (non-hydrogen) atoms. The van der Waals surface area contributed by atoms with Crippen LogP contribution in [-0.2, 0) is 32.7 Å². The van der Waals surface area contributed by atoms with Gasteiger partial charge >= 0.3 is 19.8 Å². The molecule has 0 saturated carbocycles. The number of hydrogen-bond donors (Lipinski definition) is 1. The maximum atomic E-state index is 12.7. The molecule has 0 aliphatic rings. The van der Waals surface area contributed by atoms with Crippen LogP contribution in [0.15, 0.2) is 36.5 Å². The van der Waals surface area contributed by atoms with Crippen molar-refractivity contribution in [3.05, 3.63) is 36.5 Å². The fourth-order valence-corrected chi connectivity index (χ4v) is 6.78. The lowest BCUT2D eigenvalue weighted by molar-refractivity contribution is -0.870. The highest BCUT2D eigenvalue weighted by Gasteiger charge is 2.27. The Labute approximate surface area is 344 Å². The molecule has 0 heterocycles. The van der Waals surface area contributed by atoms with E-state index >= 15 is 0 Å². The lowest BCUT2D eigenvalue weighted by Gasteiger charge is -2.24. The van der Waals surface area contributed by atoms with Crippen LogP contribution >= 0.6 is 7.82 Å². The van der Waals surface area contributed by atoms with Crippen LogP contribution in [-0.4, -0.2) is 74.9 Å². The van der Waals surface area contributed by atoms with Crippen LogP contribution in [0.1, 0.15) is 194 Å². The molecule has 1 N–H and O–H groups in total. The van der Waals surface area contributed by atoms with E-state index in [0.29, 0.717) is 17.4 Å². The summed E-state index contributed by atoms with van der Waals surface area (Å²) in [5.74, 6) is -0.817. The van der Waals surface area contributed by atoms with Crippen molar-refractivity contribution in [2.45, 2.75) is 200 Å². The molecule has 0 aromatic heterocycles. The minimum absolute atomic E-state index is 0.0280. The molecule has 0 bridgehead atoms. The van der Waals surface area contributed by atoms with E-state index in [1.54, 1.807) is 0 Å². The summed E-state index contributed by atoms with van der Waals surface area (Å²) < 4.78 is 34.3. The van der Waals surface area contributed by atoms with Gasteiger partial charge in [0.1, 0.15) is 19.8 Å². The third kappa shape index (κ3) is 41.9. The summed E-state index contributed by atoms with van der Waals surface area (Å²) in [4.78, 5) is 35.4. The normalized spacial score (nSPS) is 13.9. The van der Waals surface area contributed by atoms with Gasteiger partial charge in [-0.2, -0.15) is 0 Å². The third-order valence-electron chi connectivity index (χ3n) is 9.64. The molecule has 0 radical (unpaired) electrons. The number of quaternary nitrogens is 1. The number of unbranched alkanes of at least 4 members (excludes halogenated alkanes) is 21. The fourth-order valence-electron chi connectivity index (χ4n) is 6.04. The number of phosphoric acid groups is 1. The van der Waals surface area contributed by atoms with Crippen LogP contribution in [0.5, 0.6) is 0 Å². The zero-order chi connectivity index (χ0) is 41.4. The minimum Gasteiger partial charge on any atom is -0.462 e. The third-order valence-corrected chi connectivity index (χ3v) is 10.6. The molecule has 0 rings (SSSR count). The summed E-state index contributed by atoms with van der Waals surface area (Å²) in [6.07, 6.45) is 43.3. The highest BCUT2D eigenvalue weighted by molar-refractivity contribution is 7.47. The molecule has 0 aromatic carbocycles. The molecule has 0 saturated heterocycles. The van der Waals surface area contributed by atoms with Gasteiger partial charge in [0.15, 0.2) is 6.10 Å². The largest absolute Gasteiger partial charge is 0.472 e. The molecule has 1 unspecified atom stereocenters. The Hall–Kier alpha value is -1.77. The van der Waals surface area contributed by atoms with Crippen LogP contribution in [0.25, 0.3) is 0 Å². The highest BCUT2D eigenvalue weighted by Crippen LogP contribution is 2.43. The zero-order valence-electron chi connectivity index (χ0n) is 36.9. The maximum Gasteiger partial charge on any atom is 0.472 e. The second-order valence-electron chi connectivity index (χ2n) is 16.4. The number of ether oxygens (including phenoxy) is 2. The second-order valence-corrected chi connectivity index (χ2v) is 17.9. The predicted octanol–water partition coefficient (Wildman–Crippen LogP) is 12.9. The first-order chi connectivity index (χ1) is 27.0. The Balaban J connectivity index is 4.36.